The summed E-state index contributed by atoms with van der Waals surface area (Å²) < 4.78 is 5.06. The third kappa shape index (κ3) is 1.79. The zero-order valence-electron chi connectivity index (χ0n) is 7.60. The summed E-state index contributed by atoms with van der Waals surface area (Å²) in [6, 6.07) is 6.64. The summed E-state index contributed by atoms with van der Waals surface area (Å²) in [6.45, 7) is 0. The van der Waals surface area contributed by atoms with Gasteiger partial charge in [-0.3, -0.25) is 4.79 Å². The number of aromatic nitrogens is 1. The summed E-state index contributed by atoms with van der Waals surface area (Å²) in [5.41, 5.74) is 1.62. The van der Waals surface area contributed by atoms with Crippen molar-refractivity contribution >= 4 is 17.1 Å². The van der Waals surface area contributed by atoms with Crippen molar-refractivity contribution < 1.29 is 14.3 Å². The van der Waals surface area contributed by atoms with Gasteiger partial charge in [-0.25, -0.2) is 0 Å². The highest BCUT2D eigenvalue weighted by Gasteiger charge is 2.07. The summed E-state index contributed by atoms with van der Waals surface area (Å²) in [6.07, 6.45) is -0.0648. The molecule has 0 fully saturated rings. The fourth-order valence-electron chi connectivity index (χ4n) is 1.31. The molecule has 5 nitrogen and oxygen atoms in total. The highest BCUT2D eigenvalue weighted by molar-refractivity contribution is 5.77. The Labute approximate surface area is 84.6 Å². The van der Waals surface area contributed by atoms with Gasteiger partial charge >= 0.3 is 11.9 Å². The molecule has 0 radical (unpaired) electrons. The molecule has 74 valence electrons. The Morgan fingerprint density at radius 1 is 1.60 bits per heavy atom. The number of rotatable bonds is 2. The molecule has 1 aromatic heterocycles. The molecule has 15 heavy (non-hydrogen) atoms. The molecule has 0 aliphatic carbocycles. The predicted octanol–water partition coefficient (Wildman–Crippen LogP) is 1.33. The van der Waals surface area contributed by atoms with Crippen LogP contribution < -0.4 is 0 Å². The maximum absolute atomic E-state index is 10.5. The lowest BCUT2D eigenvalue weighted by Crippen LogP contribution is -1.99. The number of carboxylic acid groups (broad SMARTS) is 1. The average molecular weight is 202 g/mol. The van der Waals surface area contributed by atoms with E-state index in [0.29, 0.717) is 16.7 Å². The van der Waals surface area contributed by atoms with Crippen molar-refractivity contribution in [1.29, 1.82) is 5.26 Å². The summed E-state index contributed by atoms with van der Waals surface area (Å²) in [7, 11) is 0. The number of fused-ring (bicyclic) bond motifs is 1. The first-order valence-corrected chi connectivity index (χ1v) is 4.20. The zero-order valence-corrected chi connectivity index (χ0v) is 7.60. The normalized spacial score (nSPS) is 10.1. The van der Waals surface area contributed by atoms with E-state index in [2.05, 4.69) is 4.98 Å². The quantitative estimate of drug-likeness (QED) is 0.793. The molecule has 5 heteroatoms. The lowest BCUT2D eigenvalue weighted by atomic mass is 10.1. The maximum Gasteiger partial charge on any atom is 0.307 e. The molecule has 2 rings (SSSR count). The Morgan fingerprint density at radius 3 is 3.07 bits per heavy atom. The molecule has 0 spiro atoms. The first kappa shape index (κ1) is 9.21. The highest BCUT2D eigenvalue weighted by Crippen LogP contribution is 2.17. The molecule has 0 aliphatic heterocycles. The smallest absolute Gasteiger partial charge is 0.307 e. The Bertz CT molecular complexity index is 566. The van der Waals surface area contributed by atoms with Crippen LogP contribution >= 0.6 is 0 Å². The van der Waals surface area contributed by atoms with Gasteiger partial charge in [0.1, 0.15) is 5.52 Å². The summed E-state index contributed by atoms with van der Waals surface area (Å²) in [4.78, 5) is 14.3. The molecule has 1 N–H and O–H groups in total. The van der Waals surface area contributed by atoms with E-state index in [4.69, 9.17) is 14.8 Å². The molecule has 1 aromatic carbocycles. The maximum atomic E-state index is 10.5. The van der Waals surface area contributed by atoms with Crippen molar-refractivity contribution in [1.82, 2.24) is 4.98 Å². The number of nitriles is 1. The van der Waals surface area contributed by atoms with E-state index in [1.54, 1.807) is 24.3 Å². The van der Waals surface area contributed by atoms with Gasteiger partial charge in [-0.2, -0.15) is 10.2 Å². The minimum Gasteiger partial charge on any atom is -0.481 e. The molecule has 0 saturated carbocycles. The number of carboxylic acids is 1. The SMILES string of the molecule is N#Cc1nc2cc(CC(=O)O)ccc2o1. The minimum absolute atomic E-state index is 0.0162. The molecule has 1 heterocycles. The second-order valence-corrected chi connectivity index (χ2v) is 3.00. The molecule has 0 bridgehead atoms. The molecule has 0 atom stereocenters. The van der Waals surface area contributed by atoms with Crippen molar-refractivity contribution in [2.75, 3.05) is 0 Å². The van der Waals surface area contributed by atoms with Gasteiger partial charge in [-0.05, 0) is 17.7 Å². The van der Waals surface area contributed by atoms with Crippen LogP contribution in [0.1, 0.15) is 11.5 Å². The fraction of sp³-hybridized carbons (Fsp3) is 0.100. The van der Waals surface area contributed by atoms with E-state index >= 15 is 0 Å². The van der Waals surface area contributed by atoms with E-state index in [1.807, 2.05) is 0 Å². The number of hydrogen-bond acceptors (Lipinski definition) is 4. The summed E-state index contributed by atoms with van der Waals surface area (Å²) >= 11 is 0. The van der Waals surface area contributed by atoms with E-state index in [1.165, 1.54) is 0 Å². The number of nitrogens with zero attached hydrogens (tertiary/aromatic N) is 2. The van der Waals surface area contributed by atoms with Gasteiger partial charge in [0.25, 0.3) is 0 Å². The number of carbonyl (C=O) groups is 1. The molecule has 0 saturated heterocycles. The number of hydrogen-bond donors (Lipinski definition) is 1. The molecule has 0 unspecified atom stereocenters. The average Bonchev–Trinajstić information content (AvgIpc) is 2.58. The lowest BCUT2D eigenvalue weighted by Gasteiger charge is -1.94. The van der Waals surface area contributed by atoms with Gasteiger partial charge in [0.2, 0.25) is 0 Å². The highest BCUT2D eigenvalue weighted by atomic mass is 16.4. The molecule has 0 amide bonds. The van der Waals surface area contributed by atoms with Gasteiger partial charge in [-0.1, -0.05) is 6.07 Å². The van der Waals surface area contributed by atoms with Crippen LogP contribution in [0.15, 0.2) is 22.6 Å². The number of aliphatic carboxylic acids is 1. The lowest BCUT2D eigenvalue weighted by molar-refractivity contribution is -0.136. The van der Waals surface area contributed by atoms with E-state index in [-0.39, 0.29) is 12.3 Å². The first-order valence-electron chi connectivity index (χ1n) is 4.20. The van der Waals surface area contributed by atoms with Crippen LogP contribution in [0.5, 0.6) is 0 Å². The standard InChI is InChI=1S/C10H6N2O3/c11-5-9-12-7-3-6(4-10(13)14)1-2-8(7)15-9/h1-3H,4H2,(H,13,14). The number of benzene rings is 1. The first-order chi connectivity index (χ1) is 7.19. The zero-order chi connectivity index (χ0) is 10.8. The van der Waals surface area contributed by atoms with Crippen LogP contribution in [0.3, 0.4) is 0 Å². The number of oxazole rings is 1. The van der Waals surface area contributed by atoms with Gasteiger partial charge in [-0.15, -0.1) is 0 Å². The van der Waals surface area contributed by atoms with Crippen LogP contribution in [0.25, 0.3) is 11.1 Å². The second kappa shape index (κ2) is 3.42. The second-order valence-electron chi connectivity index (χ2n) is 3.00. The van der Waals surface area contributed by atoms with Gasteiger partial charge in [0, 0.05) is 0 Å². The van der Waals surface area contributed by atoms with Crippen molar-refractivity contribution in [3.05, 3.63) is 29.7 Å². The molecular formula is C10H6N2O3. The van der Waals surface area contributed by atoms with E-state index in [0.717, 1.165) is 0 Å². The van der Waals surface area contributed by atoms with Crippen LogP contribution in [-0.4, -0.2) is 16.1 Å². The van der Waals surface area contributed by atoms with Crippen LogP contribution in [0.4, 0.5) is 0 Å². The van der Waals surface area contributed by atoms with Gasteiger partial charge in [0.15, 0.2) is 11.7 Å². The van der Waals surface area contributed by atoms with Crippen molar-refractivity contribution in [3.8, 4) is 6.07 Å². The van der Waals surface area contributed by atoms with Crippen molar-refractivity contribution in [2.45, 2.75) is 6.42 Å². The largest absolute Gasteiger partial charge is 0.481 e. The predicted molar refractivity (Wildman–Crippen MR) is 50.1 cm³/mol. The van der Waals surface area contributed by atoms with Gasteiger partial charge in [0.05, 0.1) is 6.42 Å². The molecular weight excluding hydrogens is 196 g/mol. The topological polar surface area (TPSA) is 87.1 Å². The van der Waals surface area contributed by atoms with Gasteiger partial charge < -0.3 is 9.52 Å². The summed E-state index contributed by atoms with van der Waals surface area (Å²) in [5.74, 6) is -0.921. The Balaban J connectivity index is 2.47. The molecule has 0 aliphatic rings. The fourth-order valence-corrected chi connectivity index (χ4v) is 1.31. The third-order valence-corrected chi connectivity index (χ3v) is 1.90. The van der Waals surface area contributed by atoms with Crippen LogP contribution in [0.2, 0.25) is 0 Å². The van der Waals surface area contributed by atoms with Crippen LogP contribution in [-0.2, 0) is 11.2 Å². The molecule has 2 aromatic rings. The Kier molecular flexibility index (Phi) is 2.10. The Morgan fingerprint density at radius 2 is 2.40 bits per heavy atom. The van der Waals surface area contributed by atoms with E-state index in [9.17, 15) is 4.79 Å². The van der Waals surface area contributed by atoms with E-state index < -0.39 is 5.97 Å². The monoisotopic (exact) mass is 202 g/mol. The Hall–Kier alpha value is -2.35. The summed E-state index contributed by atoms with van der Waals surface area (Å²) in [5, 5.41) is 17.1. The van der Waals surface area contributed by atoms with Crippen molar-refractivity contribution in [3.63, 3.8) is 0 Å². The van der Waals surface area contributed by atoms with Crippen molar-refractivity contribution in [2.24, 2.45) is 0 Å². The third-order valence-electron chi connectivity index (χ3n) is 1.90. The minimum atomic E-state index is -0.904. The van der Waals surface area contributed by atoms with Crippen LogP contribution in [0, 0.1) is 11.3 Å².